The number of rotatable bonds is 5. The summed E-state index contributed by atoms with van der Waals surface area (Å²) < 4.78 is 52.8. The van der Waals surface area contributed by atoms with Crippen LogP contribution in [0.5, 0.6) is 0 Å². The molecule has 2 aliphatic heterocycles. The van der Waals surface area contributed by atoms with Gasteiger partial charge in [0.25, 0.3) is 0 Å². The van der Waals surface area contributed by atoms with Gasteiger partial charge < -0.3 is 24.2 Å². The third-order valence-electron chi connectivity index (χ3n) is 5.06. The van der Waals surface area contributed by atoms with E-state index in [1.807, 2.05) is 9.80 Å². The molecular weight excluding hydrogens is 441 g/mol. The molecule has 0 radical (unpaired) electrons. The largest absolute Gasteiger partial charge is 0.417 e. The normalized spacial score (nSPS) is 17.6. The molecule has 2 fully saturated rings. The molecule has 4 heterocycles. The van der Waals surface area contributed by atoms with Crippen molar-refractivity contribution in [1.82, 2.24) is 24.8 Å². The summed E-state index contributed by atoms with van der Waals surface area (Å²) in [5.74, 6) is 0.479. The molecule has 0 aromatic carbocycles. The van der Waals surface area contributed by atoms with Crippen LogP contribution in [0, 0.1) is 0 Å². The summed E-state index contributed by atoms with van der Waals surface area (Å²) in [5, 5.41) is 0. The van der Waals surface area contributed by atoms with Crippen molar-refractivity contribution in [2.24, 2.45) is 4.99 Å². The van der Waals surface area contributed by atoms with E-state index in [1.54, 1.807) is 19.0 Å². The maximum Gasteiger partial charge on any atom is 0.417 e. The topological polar surface area (TPSA) is 92.1 Å². The number of morpholine rings is 2. The van der Waals surface area contributed by atoms with Gasteiger partial charge in [-0.05, 0) is 6.07 Å². The van der Waals surface area contributed by atoms with Crippen LogP contribution in [-0.2, 0) is 15.7 Å². The van der Waals surface area contributed by atoms with Crippen molar-refractivity contribution < 1.29 is 22.6 Å². The van der Waals surface area contributed by atoms with Crippen LogP contribution in [0.15, 0.2) is 17.3 Å². The van der Waals surface area contributed by atoms with E-state index >= 15 is 0 Å². The number of pyridine rings is 1. The Morgan fingerprint density at radius 3 is 1.97 bits per heavy atom. The molecule has 2 aliphatic rings. The second-order valence-electron chi connectivity index (χ2n) is 7.75. The van der Waals surface area contributed by atoms with Crippen LogP contribution < -0.4 is 9.80 Å². The van der Waals surface area contributed by atoms with E-state index in [0.717, 1.165) is 12.3 Å². The molecule has 178 valence electrons. The SMILES string of the molecule is CN(C)/C=N/c1cc(C(F)(F)F)c(-c2nc(N3CCOCC3)nc(N3CCOCC3)n2)cn1. The first kappa shape index (κ1) is 23.1. The van der Waals surface area contributed by atoms with Crippen molar-refractivity contribution in [2.75, 3.05) is 76.5 Å². The van der Waals surface area contributed by atoms with Gasteiger partial charge in [-0.1, -0.05) is 0 Å². The number of halogens is 3. The number of anilines is 2. The van der Waals surface area contributed by atoms with Crippen molar-refractivity contribution in [2.45, 2.75) is 6.18 Å². The van der Waals surface area contributed by atoms with Crippen LogP contribution in [0.2, 0.25) is 0 Å². The van der Waals surface area contributed by atoms with Crippen LogP contribution in [0.1, 0.15) is 5.56 Å². The predicted molar refractivity (Wildman–Crippen MR) is 116 cm³/mol. The Morgan fingerprint density at radius 1 is 0.939 bits per heavy atom. The maximum atomic E-state index is 14.0. The van der Waals surface area contributed by atoms with E-state index in [0.29, 0.717) is 64.5 Å². The van der Waals surface area contributed by atoms with Crippen LogP contribution in [0.4, 0.5) is 30.9 Å². The Labute approximate surface area is 189 Å². The van der Waals surface area contributed by atoms with Gasteiger partial charge in [-0.15, -0.1) is 0 Å². The summed E-state index contributed by atoms with van der Waals surface area (Å²) in [6.07, 6.45) is -2.14. The van der Waals surface area contributed by atoms with Crippen LogP contribution in [0.25, 0.3) is 11.4 Å². The fourth-order valence-electron chi connectivity index (χ4n) is 3.39. The van der Waals surface area contributed by atoms with Crippen molar-refractivity contribution in [1.29, 1.82) is 0 Å². The first-order chi connectivity index (χ1) is 15.8. The lowest BCUT2D eigenvalue weighted by atomic mass is 10.1. The van der Waals surface area contributed by atoms with Crippen LogP contribution >= 0.6 is 0 Å². The van der Waals surface area contributed by atoms with Gasteiger partial charge in [-0.3, -0.25) is 0 Å². The third-order valence-corrected chi connectivity index (χ3v) is 5.06. The first-order valence-electron chi connectivity index (χ1n) is 10.5. The molecule has 0 saturated carbocycles. The third kappa shape index (κ3) is 5.66. The Kier molecular flexibility index (Phi) is 6.88. The summed E-state index contributed by atoms with van der Waals surface area (Å²) in [7, 11) is 3.43. The number of hydrogen-bond donors (Lipinski definition) is 0. The average Bonchev–Trinajstić information content (AvgIpc) is 2.83. The summed E-state index contributed by atoms with van der Waals surface area (Å²) >= 11 is 0. The van der Waals surface area contributed by atoms with E-state index < -0.39 is 11.7 Å². The minimum Gasteiger partial charge on any atom is -0.378 e. The lowest BCUT2D eigenvalue weighted by molar-refractivity contribution is -0.137. The lowest BCUT2D eigenvalue weighted by Gasteiger charge is -2.30. The highest BCUT2D eigenvalue weighted by Gasteiger charge is 2.36. The number of aromatic nitrogens is 4. The number of hydrogen-bond acceptors (Lipinski definition) is 9. The van der Waals surface area contributed by atoms with E-state index in [1.165, 1.54) is 6.34 Å². The van der Waals surface area contributed by atoms with Gasteiger partial charge in [0, 0.05) is 46.5 Å². The Morgan fingerprint density at radius 2 is 1.48 bits per heavy atom. The molecule has 2 saturated heterocycles. The molecule has 2 aromatic rings. The van der Waals surface area contributed by atoms with Crippen molar-refractivity contribution >= 4 is 24.1 Å². The Hall–Kier alpha value is -3.06. The monoisotopic (exact) mass is 466 g/mol. The van der Waals surface area contributed by atoms with Crippen molar-refractivity contribution in [3.8, 4) is 11.4 Å². The van der Waals surface area contributed by atoms with Gasteiger partial charge in [-0.2, -0.15) is 28.1 Å². The summed E-state index contributed by atoms with van der Waals surface area (Å²) in [6, 6.07) is 0.905. The molecule has 0 bridgehead atoms. The lowest BCUT2D eigenvalue weighted by Crippen LogP contribution is -2.40. The minimum absolute atomic E-state index is 0.0596. The highest BCUT2D eigenvalue weighted by atomic mass is 19.4. The molecule has 0 N–H and O–H groups in total. The number of nitrogens with zero attached hydrogens (tertiary/aromatic N) is 8. The molecule has 0 unspecified atom stereocenters. The number of aliphatic imine (C=N–C) groups is 1. The smallest absolute Gasteiger partial charge is 0.378 e. The van der Waals surface area contributed by atoms with Gasteiger partial charge in [0.05, 0.1) is 43.9 Å². The highest BCUT2D eigenvalue weighted by molar-refractivity contribution is 5.66. The average molecular weight is 466 g/mol. The quantitative estimate of drug-likeness (QED) is 0.484. The minimum atomic E-state index is -4.65. The number of alkyl halides is 3. The second-order valence-corrected chi connectivity index (χ2v) is 7.75. The van der Waals surface area contributed by atoms with E-state index in [4.69, 9.17) is 9.47 Å². The molecule has 0 atom stereocenters. The summed E-state index contributed by atoms with van der Waals surface area (Å²) in [6.45, 7) is 4.10. The van der Waals surface area contributed by atoms with Gasteiger partial charge in [0.1, 0.15) is 0 Å². The molecule has 0 aliphatic carbocycles. The maximum absolute atomic E-state index is 14.0. The zero-order valence-corrected chi connectivity index (χ0v) is 18.4. The van der Waals surface area contributed by atoms with E-state index in [9.17, 15) is 13.2 Å². The molecule has 33 heavy (non-hydrogen) atoms. The molecule has 10 nitrogen and oxygen atoms in total. The van der Waals surface area contributed by atoms with Crippen LogP contribution in [-0.4, -0.2) is 97.9 Å². The zero-order chi connectivity index (χ0) is 23.4. The molecule has 2 aromatic heterocycles. The van der Waals surface area contributed by atoms with Gasteiger partial charge in [-0.25, -0.2) is 9.98 Å². The summed E-state index contributed by atoms with van der Waals surface area (Å²) in [5.41, 5.74) is -1.13. The Balaban J connectivity index is 1.80. The highest BCUT2D eigenvalue weighted by Crippen LogP contribution is 2.38. The van der Waals surface area contributed by atoms with Crippen molar-refractivity contribution in [3.63, 3.8) is 0 Å². The van der Waals surface area contributed by atoms with Crippen molar-refractivity contribution in [3.05, 3.63) is 17.8 Å². The fourth-order valence-corrected chi connectivity index (χ4v) is 3.39. The standard InChI is InChI=1S/C20H25F3N8O2/c1-29(2)13-25-16-11-15(20(21,22)23)14(12-24-16)17-26-18(30-3-7-32-8-4-30)28-19(27-17)31-5-9-33-10-6-31/h11-13H,3-10H2,1-2H3/b25-13+. The fraction of sp³-hybridized carbons (Fsp3) is 0.550. The second kappa shape index (κ2) is 9.83. The molecule has 4 rings (SSSR count). The van der Waals surface area contributed by atoms with Crippen LogP contribution in [0.3, 0.4) is 0 Å². The van der Waals surface area contributed by atoms with Gasteiger partial charge in [0.2, 0.25) is 11.9 Å². The molecular formula is C20H25F3N8O2. The van der Waals surface area contributed by atoms with E-state index in [2.05, 4.69) is 24.9 Å². The zero-order valence-electron chi connectivity index (χ0n) is 18.4. The van der Waals surface area contributed by atoms with Gasteiger partial charge >= 0.3 is 6.18 Å². The molecule has 0 amide bonds. The Bertz CT molecular complexity index is 954. The molecule has 13 heteroatoms. The summed E-state index contributed by atoms with van der Waals surface area (Å²) in [4.78, 5) is 26.8. The van der Waals surface area contributed by atoms with E-state index in [-0.39, 0.29) is 17.2 Å². The first-order valence-corrected chi connectivity index (χ1v) is 10.5. The molecule has 0 spiro atoms. The number of ether oxygens (including phenoxy) is 2. The van der Waals surface area contributed by atoms with Gasteiger partial charge in [0.15, 0.2) is 11.6 Å². The predicted octanol–water partition coefficient (Wildman–Crippen LogP) is 1.85.